The topological polar surface area (TPSA) is 86.7 Å². The third-order valence-corrected chi connectivity index (χ3v) is 4.49. The van der Waals surface area contributed by atoms with E-state index in [4.69, 9.17) is 4.98 Å². The van der Waals surface area contributed by atoms with Crippen molar-refractivity contribution < 1.29 is 7.96 Å². The Kier molecular flexibility index (Phi) is 5.87. The number of hydrogen-bond acceptors (Lipinski definition) is 5. The van der Waals surface area contributed by atoms with E-state index in [0.717, 1.165) is 34.9 Å². The molecule has 3 N–H and O–H groups in total. The van der Waals surface area contributed by atoms with Gasteiger partial charge in [0.1, 0.15) is 5.60 Å². The lowest BCUT2D eigenvalue weighted by Gasteiger charge is -2.35. The summed E-state index contributed by atoms with van der Waals surface area (Å²) in [4.78, 5) is 8.95. The molecule has 0 saturated carbocycles. The van der Waals surface area contributed by atoms with Gasteiger partial charge in [-0.25, -0.2) is 9.97 Å². The van der Waals surface area contributed by atoms with Crippen LogP contribution in [0.1, 0.15) is 49.1 Å². The first kappa shape index (κ1) is 19.5. The summed E-state index contributed by atoms with van der Waals surface area (Å²) in [7, 11) is 0. The zero-order valence-electron chi connectivity index (χ0n) is 16.5. The molecule has 1 saturated heterocycles. The Morgan fingerprint density at radius 3 is 2.74 bits per heavy atom. The number of rotatable bonds is 2. The minimum absolute atomic E-state index is 0. The number of nitrogens with one attached hydrogen (secondary N) is 2. The molecule has 0 bridgehead atoms. The minimum atomic E-state index is -0.880. The molecule has 0 aliphatic carbocycles. The lowest BCUT2D eigenvalue weighted by Crippen LogP contribution is -2.45. The molecule has 4 rings (SSSR count). The number of aromatic nitrogens is 4. The van der Waals surface area contributed by atoms with Crippen molar-refractivity contribution in [1.82, 2.24) is 25.5 Å². The van der Waals surface area contributed by atoms with E-state index in [1.165, 1.54) is 0 Å². The van der Waals surface area contributed by atoms with Gasteiger partial charge in [0.25, 0.3) is 0 Å². The number of aliphatic hydroxyl groups is 1. The summed E-state index contributed by atoms with van der Waals surface area (Å²) in [6, 6.07) is 9.89. The van der Waals surface area contributed by atoms with Crippen molar-refractivity contribution in [3.05, 3.63) is 42.2 Å². The molecule has 6 nitrogen and oxygen atoms in total. The smallest absolute Gasteiger partial charge is 0.181 e. The maximum atomic E-state index is 11.0. The molecule has 4 heterocycles. The van der Waals surface area contributed by atoms with Gasteiger partial charge in [-0.3, -0.25) is 5.10 Å². The monoisotopic (exact) mass is 371 g/mol. The van der Waals surface area contributed by atoms with Crippen LogP contribution in [0.15, 0.2) is 36.5 Å². The fourth-order valence-electron chi connectivity index (χ4n) is 3.32. The lowest BCUT2D eigenvalue weighted by molar-refractivity contribution is -0.0102. The third-order valence-electron chi connectivity index (χ3n) is 4.49. The minimum Gasteiger partial charge on any atom is -0.383 e. The Hall–Kier alpha value is -2.31. The van der Waals surface area contributed by atoms with E-state index in [0.29, 0.717) is 18.5 Å². The van der Waals surface area contributed by atoms with Gasteiger partial charge >= 0.3 is 0 Å². The van der Waals surface area contributed by atoms with Gasteiger partial charge in [-0.1, -0.05) is 26.8 Å². The lowest BCUT2D eigenvalue weighted by atomic mass is 9.85. The van der Waals surface area contributed by atoms with Crippen LogP contribution in [0.25, 0.3) is 22.4 Å². The van der Waals surface area contributed by atoms with Gasteiger partial charge in [-0.15, -0.1) is 0 Å². The molecule has 3 aromatic heterocycles. The van der Waals surface area contributed by atoms with Crippen LogP contribution in [-0.2, 0) is 5.60 Å². The Bertz CT molecular complexity index is 899. The van der Waals surface area contributed by atoms with Crippen molar-refractivity contribution in [3.8, 4) is 11.4 Å². The molecule has 2 atom stereocenters. The summed E-state index contributed by atoms with van der Waals surface area (Å²) < 4.78 is 0. The molecule has 27 heavy (non-hydrogen) atoms. The van der Waals surface area contributed by atoms with E-state index >= 15 is 0 Å². The normalized spacial score (nSPS) is 22.5. The van der Waals surface area contributed by atoms with Gasteiger partial charge in [0.2, 0.25) is 0 Å². The number of hydrogen-bond donors (Lipinski definition) is 3. The first-order chi connectivity index (χ1) is 12.9. The van der Waals surface area contributed by atoms with Crippen molar-refractivity contribution in [2.75, 3.05) is 6.54 Å². The molecule has 1 aliphatic rings. The third kappa shape index (κ3) is 4.51. The van der Waals surface area contributed by atoms with Gasteiger partial charge in [0.15, 0.2) is 5.65 Å². The van der Waals surface area contributed by atoms with Crippen LogP contribution in [0.2, 0.25) is 0 Å². The summed E-state index contributed by atoms with van der Waals surface area (Å²) in [5.74, 6) is 0.833. The molecule has 0 aromatic carbocycles. The molecule has 0 amide bonds. The fraction of sp³-hybridized carbons (Fsp3) is 0.476. The number of aromatic amines is 1. The van der Waals surface area contributed by atoms with Crippen molar-refractivity contribution >= 4 is 11.0 Å². The first-order valence-electron chi connectivity index (χ1n) is 9.62. The summed E-state index contributed by atoms with van der Waals surface area (Å²) >= 11 is 0. The van der Waals surface area contributed by atoms with Crippen molar-refractivity contribution in [3.63, 3.8) is 0 Å². The Morgan fingerprint density at radius 2 is 2.00 bits per heavy atom. The largest absolute Gasteiger partial charge is 0.383 e. The number of piperidine rings is 1. The quantitative estimate of drug-likeness (QED) is 0.630. The Balaban J connectivity index is 0.000000646. The zero-order valence-corrected chi connectivity index (χ0v) is 16.5. The molecule has 1 unspecified atom stereocenters. The van der Waals surface area contributed by atoms with Crippen LogP contribution in [0.5, 0.6) is 0 Å². The maximum absolute atomic E-state index is 11.0. The van der Waals surface area contributed by atoms with Crippen LogP contribution in [-0.4, -0.2) is 37.9 Å². The van der Waals surface area contributed by atoms with Crippen LogP contribution < -0.4 is 5.32 Å². The van der Waals surface area contributed by atoms with Gasteiger partial charge < -0.3 is 10.4 Å². The van der Waals surface area contributed by atoms with Gasteiger partial charge in [-0.05, 0) is 56.5 Å². The van der Waals surface area contributed by atoms with E-state index < -0.39 is 5.60 Å². The van der Waals surface area contributed by atoms with Crippen molar-refractivity contribution in [2.45, 2.75) is 52.2 Å². The van der Waals surface area contributed by atoms with E-state index in [1.807, 2.05) is 30.3 Å². The molecule has 0 spiro atoms. The van der Waals surface area contributed by atoms with Crippen LogP contribution >= 0.6 is 0 Å². The summed E-state index contributed by atoms with van der Waals surface area (Å²) in [6.45, 7) is 9.38. The van der Waals surface area contributed by atoms with Crippen LogP contribution in [0.4, 0.5) is 0 Å². The van der Waals surface area contributed by atoms with Gasteiger partial charge in [0.05, 0.1) is 17.1 Å². The molecule has 1 fully saturated rings. The zero-order chi connectivity index (χ0) is 19.4. The van der Waals surface area contributed by atoms with Crippen molar-refractivity contribution in [1.29, 1.82) is 0 Å². The number of H-pyrrole nitrogens is 1. The maximum Gasteiger partial charge on any atom is 0.181 e. The average molecular weight is 372 g/mol. The van der Waals surface area contributed by atoms with E-state index in [2.05, 4.69) is 48.2 Å². The number of fused-ring (bicyclic) bond motifs is 1. The average Bonchev–Trinajstić information content (AvgIpc) is 3.05. The Morgan fingerprint density at radius 1 is 1.22 bits per heavy atom. The summed E-state index contributed by atoms with van der Waals surface area (Å²) in [6.07, 6.45) is 3.05. The van der Waals surface area contributed by atoms with Crippen LogP contribution in [0.3, 0.4) is 0 Å². The van der Waals surface area contributed by atoms with Gasteiger partial charge in [-0.2, -0.15) is 5.10 Å². The van der Waals surface area contributed by atoms with Gasteiger partial charge in [0, 0.05) is 20.5 Å². The summed E-state index contributed by atoms with van der Waals surface area (Å²) in [5, 5.41) is 22.5. The Labute approximate surface area is 163 Å². The van der Waals surface area contributed by atoms with E-state index in [9.17, 15) is 5.11 Å². The number of nitrogens with zero attached hydrogens (tertiary/aromatic N) is 3. The van der Waals surface area contributed by atoms with E-state index in [1.54, 1.807) is 6.20 Å². The van der Waals surface area contributed by atoms with Crippen molar-refractivity contribution in [2.24, 2.45) is 5.92 Å². The molecule has 6 heteroatoms. The second kappa shape index (κ2) is 8.15. The SMILES string of the molecule is CC(C)C.C[C@@H]1CC(O)(c2cccc(-c3[nH]nc4ncccc34)n2)CCN1.[HH].[HH]. The molecule has 1 aliphatic heterocycles. The highest BCUT2D eigenvalue weighted by atomic mass is 16.3. The highest BCUT2D eigenvalue weighted by Crippen LogP contribution is 2.33. The predicted molar refractivity (Wildman–Crippen MR) is 112 cm³/mol. The molecule has 0 radical (unpaired) electrons. The molecule has 3 aromatic rings. The standard InChI is InChI=1S/C17H19N5O.C4H10.2H2/c1-11-10-17(23,7-9-18-11)14-6-2-5-13(20-14)15-12-4-3-8-19-16(12)22-21-15;1-4(2)3;;/h2-6,8,11,18,23H,7,9-10H2,1H3,(H,19,21,22);4H,1-3H3;2*1H/t11-,17?;;;/m1.../s1. The molecule has 148 valence electrons. The fourth-order valence-corrected chi connectivity index (χ4v) is 3.32. The second-order valence-corrected chi connectivity index (χ2v) is 7.95. The predicted octanol–water partition coefficient (Wildman–Crippen LogP) is 4.13. The first-order valence-corrected chi connectivity index (χ1v) is 9.62. The number of pyridine rings is 2. The van der Waals surface area contributed by atoms with Crippen LogP contribution in [0, 0.1) is 5.92 Å². The van der Waals surface area contributed by atoms with E-state index in [-0.39, 0.29) is 8.90 Å². The molecular formula is C21H33N5O. The highest BCUT2D eigenvalue weighted by molar-refractivity contribution is 5.89. The highest BCUT2D eigenvalue weighted by Gasteiger charge is 2.35. The summed E-state index contributed by atoms with van der Waals surface area (Å²) in [5.41, 5.74) is 2.12. The molecular weight excluding hydrogens is 338 g/mol. The second-order valence-electron chi connectivity index (χ2n) is 7.95.